The lowest BCUT2D eigenvalue weighted by atomic mass is 10.1. The van der Waals surface area contributed by atoms with Gasteiger partial charge in [-0.3, -0.25) is 0 Å². The van der Waals surface area contributed by atoms with Crippen LogP contribution in [0.1, 0.15) is 33.7 Å². The van der Waals surface area contributed by atoms with Crippen LogP contribution in [0.4, 0.5) is 15.1 Å². The minimum atomic E-state index is -0.420. The van der Waals surface area contributed by atoms with Crippen molar-refractivity contribution in [1.29, 1.82) is 0 Å². The highest BCUT2D eigenvalue weighted by atomic mass is 19.1. The number of nitrogens with zero attached hydrogens (tertiary/aromatic N) is 3. The van der Waals surface area contributed by atoms with Crippen molar-refractivity contribution in [3.63, 3.8) is 0 Å². The Morgan fingerprint density at radius 2 is 2.05 bits per heavy atom. The number of anilines is 1. The highest BCUT2D eigenvalue weighted by Crippen LogP contribution is 2.33. The first-order valence-electron chi connectivity index (χ1n) is 7.54. The van der Waals surface area contributed by atoms with E-state index in [-0.39, 0.29) is 29.3 Å². The molecule has 0 radical (unpaired) electrons. The van der Waals surface area contributed by atoms with Crippen LogP contribution < -0.4 is 4.90 Å². The lowest BCUT2D eigenvalue weighted by molar-refractivity contribution is 0.177. The molecule has 0 unspecified atom stereocenters. The van der Waals surface area contributed by atoms with E-state index in [9.17, 15) is 9.18 Å². The van der Waals surface area contributed by atoms with Gasteiger partial charge in [0, 0.05) is 6.04 Å². The number of hydrogen-bond acceptors (Lipinski definition) is 3. The fraction of sp³-hybridized carbons (Fsp3) is 0.500. The maximum absolute atomic E-state index is 14.1. The number of rotatable bonds is 3. The summed E-state index contributed by atoms with van der Waals surface area (Å²) in [5.74, 6) is 0.292. The van der Waals surface area contributed by atoms with E-state index in [1.54, 1.807) is 11.0 Å². The molecule has 1 aliphatic heterocycles. The summed E-state index contributed by atoms with van der Waals surface area (Å²) in [6, 6.07) is 4.81. The van der Waals surface area contributed by atoms with Gasteiger partial charge in [0.2, 0.25) is 5.95 Å². The Morgan fingerprint density at radius 3 is 2.68 bits per heavy atom. The molecule has 0 spiro atoms. The number of benzene rings is 1. The Labute approximate surface area is 128 Å². The van der Waals surface area contributed by atoms with Gasteiger partial charge in [0.25, 0.3) is 0 Å². The number of amides is 1. The Bertz CT molecular complexity index is 723. The van der Waals surface area contributed by atoms with Crippen LogP contribution in [0.15, 0.2) is 18.2 Å². The normalized spacial score (nSPS) is 18.8. The summed E-state index contributed by atoms with van der Waals surface area (Å²) in [4.78, 5) is 18.2. The van der Waals surface area contributed by atoms with E-state index in [2.05, 4.69) is 4.98 Å². The second kappa shape index (κ2) is 5.26. The number of imidazole rings is 1. The quantitative estimate of drug-likeness (QED) is 0.868. The molecule has 1 atom stereocenters. The van der Waals surface area contributed by atoms with Gasteiger partial charge in [-0.25, -0.2) is 19.1 Å². The topological polar surface area (TPSA) is 47.4 Å². The third-order valence-corrected chi connectivity index (χ3v) is 4.06. The second-order valence-electron chi connectivity index (χ2n) is 6.24. The molecule has 1 fully saturated rings. The second-order valence-corrected chi connectivity index (χ2v) is 6.24. The summed E-state index contributed by atoms with van der Waals surface area (Å²) in [6.07, 6.45) is -0.420. The molecule has 0 aliphatic carbocycles. The number of carbonyl (C=O) groups excluding carboxylic acids is 1. The van der Waals surface area contributed by atoms with Crippen LogP contribution in [-0.4, -0.2) is 28.3 Å². The van der Waals surface area contributed by atoms with Crippen molar-refractivity contribution in [3.8, 4) is 0 Å². The van der Waals surface area contributed by atoms with Gasteiger partial charge in [0.1, 0.15) is 12.1 Å². The summed E-state index contributed by atoms with van der Waals surface area (Å²) in [5, 5.41) is 0. The molecular formula is C16H20FN3O2. The lowest BCUT2D eigenvalue weighted by Gasteiger charge is -2.25. The van der Waals surface area contributed by atoms with Crippen LogP contribution >= 0.6 is 0 Å². The maximum Gasteiger partial charge on any atom is 0.417 e. The molecule has 1 aromatic heterocycles. The average molecular weight is 305 g/mol. The molecule has 3 rings (SSSR count). The summed E-state index contributed by atoms with van der Waals surface area (Å²) in [7, 11) is 0. The van der Waals surface area contributed by atoms with E-state index in [0.717, 1.165) is 0 Å². The summed E-state index contributed by atoms with van der Waals surface area (Å²) in [6.45, 7) is 8.37. The number of fused-ring (bicyclic) bond motifs is 1. The van der Waals surface area contributed by atoms with Gasteiger partial charge in [-0.2, -0.15) is 0 Å². The molecule has 0 N–H and O–H groups in total. The summed E-state index contributed by atoms with van der Waals surface area (Å²) < 4.78 is 21.2. The molecule has 1 aliphatic rings. The van der Waals surface area contributed by atoms with Crippen molar-refractivity contribution in [2.24, 2.45) is 5.92 Å². The molecular weight excluding hydrogens is 285 g/mol. The minimum Gasteiger partial charge on any atom is -0.447 e. The van der Waals surface area contributed by atoms with Crippen LogP contribution in [0.5, 0.6) is 0 Å². The third kappa shape index (κ3) is 2.14. The zero-order valence-corrected chi connectivity index (χ0v) is 13.2. The van der Waals surface area contributed by atoms with E-state index in [4.69, 9.17) is 4.74 Å². The number of aromatic nitrogens is 2. The van der Waals surface area contributed by atoms with Gasteiger partial charge >= 0.3 is 6.09 Å². The molecule has 22 heavy (non-hydrogen) atoms. The molecule has 2 aromatic rings. The van der Waals surface area contributed by atoms with E-state index < -0.39 is 6.09 Å². The molecule has 118 valence electrons. The van der Waals surface area contributed by atoms with Gasteiger partial charge < -0.3 is 9.30 Å². The van der Waals surface area contributed by atoms with Crippen LogP contribution in [0.2, 0.25) is 0 Å². The number of hydrogen-bond donors (Lipinski definition) is 0. The van der Waals surface area contributed by atoms with Crippen molar-refractivity contribution >= 4 is 23.1 Å². The smallest absolute Gasteiger partial charge is 0.417 e. The minimum absolute atomic E-state index is 0.0445. The predicted octanol–water partition coefficient (Wildman–Crippen LogP) is 3.74. The standard InChI is InChI=1S/C16H20FN3O2/c1-9(2)13-8-22-16(21)20(13)15-18-14-11(17)6-5-7-12(14)19(15)10(3)4/h5-7,9-10,13H,8H2,1-4H3/t13-/m0/s1. The van der Waals surface area contributed by atoms with Gasteiger partial charge in [0.15, 0.2) is 5.82 Å². The number of halogens is 1. The van der Waals surface area contributed by atoms with Crippen molar-refractivity contribution in [2.75, 3.05) is 11.5 Å². The van der Waals surface area contributed by atoms with Crippen molar-refractivity contribution in [2.45, 2.75) is 39.8 Å². The first-order valence-corrected chi connectivity index (χ1v) is 7.54. The molecule has 1 aromatic carbocycles. The Morgan fingerprint density at radius 1 is 1.32 bits per heavy atom. The van der Waals surface area contributed by atoms with Crippen molar-refractivity contribution < 1.29 is 13.9 Å². The van der Waals surface area contributed by atoms with Gasteiger partial charge in [0.05, 0.1) is 11.6 Å². The van der Waals surface area contributed by atoms with Crippen LogP contribution in [-0.2, 0) is 4.74 Å². The first-order chi connectivity index (χ1) is 10.4. The predicted molar refractivity (Wildman–Crippen MR) is 82.5 cm³/mol. The van der Waals surface area contributed by atoms with Gasteiger partial charge in [-0.15, -0.1) is 0 Å². The first kappa shape index (κ1) is 14.8. The van der Waals surface area contributed by atoms with Crippen LogP contribution in [0.25, 0.3) is 11.0 Å². The van der Waals surface area contributed by atoms with E-state index in [1.807, 2.05) is 38.3 Å². The van der Waals surface area contributed by atoms with Gasteiger partial charge in [-0.05, 0) is 31.9 Å². The maximum atomic E-state index is 14.1. The Balaban J connectivity index is 2.23. The molecule has 0 saturated carbocycles. The Hall–Kier alpha value is -2.11. The fourth-order valence-corrected chi connectivity index (χ4v) is 2.91. The van der Waals surface area contributed by atoms with E-state index in [0.29, 0.717) is 18.1 Å². The number of carbonyl (C=O) groups is 1. The van der Waals surface area contributed by atoms with Crippen molar-refractivity contribution in [1.82, 2.24) is 9.55 Å². The average Bonchev–Trinajstić information content (AvgIpc) is 2.99. The van der Waals surface area contributed by atoms with E-state index >= 15 is 0 Å². The zero-order chi connectivity index (χ0) is 16.0. The van der Waals surface area contributed by atoms with E-state index in [1.165, 1.54) is 6.07 Å². The lowest BCUT2D eigenvalue weighted by Crippen LogP contribution is -2.39. The highest BCUT2D eigenvalue weighted by Gasteiger charge is 2.39. The van der Waals surface area contributed by atoms with Gasteiger partial charge in [-0.1, -0.05) is 19.9 Å². The summed E-state index contributed by atoms with van der Waals surface area (Å²) >= 11 is 0. The third-order valence-electron chi connectivity index (χ3n) is 4.06. The van der Waals surface area contributed by atoms with Crippen LogP contribution in [0, 0.1) is 11.7 Å². The Kier molecular flexibility index (Phi) is 3.54. The number of ether oxygens (including phenoxy) is 1. The van der Waals surface area contributed by atoms with Crippen LogP contribution in [0.3, 0.4) is 0 Å². The summed E-state index contributed by atoms with van der Waals surface area (Å²) in [5.41, 5.74) is 0.973. The van der Waals surface area contributed by atoms with Crippen molar-refractivity contribution in [3.05, 3.63) is 24.0 Å². The molecule has 2 heterocycles. The number of para-hydroxylation sites is 1. The highest BCUT2D eigenvalue weighted by molar-refractivity contribution is 5.91. The monoisotopic (exact) mass is 305 g/mol. The molecule has 1 saturated heterocycles. The fourth-order valence-electron chi connectivity index (χ4n) is 2.91. The molecule has 5 nitrogen and oxygen atoms in total. The molecule has 1 amide bonds. The molecule has 6 heteroatoms. The zero-order valence-electron chi connectivity index (χ0n) is 13.2. The molecule has 0 bridgehead atoms. The SMILES string of the molecule is CC(C)[C@@H]1COC(=O)N1c1nc2c(F)cccc2n1C(C)C. The largest absolute Gasteiger partial charge is 0.447 e. The number of cyclic esters (lactones) is 1.